The van der Waals surface area contributed by atoms with Gasteiger partial charge in [-0.25, -0.2) is 4.79 Å². The second-order valence-corrected chi connectivity index (χ2v) is 7.96. The molecular formula is C17H31NO2. The van der Waals surface area contributed by atoms with Crippen LogP contribution >= 0.6 is 0 Å². The van der Waals surface area contributed by atoms with Gasteiger partial charge in [0.2, 0.25) is 0 Å². The van der Waals surface area contributed by atoms with E-state index in [0.717, 1.165) is 31.8 Å². The molecule has 3 nitrogen and oxygen atoms in total. The van der Waals surface area contributed by atoms with E-state index in [4.69, 9.17) is 4.74 Å². The van der Waals surface area contributed by atoms with Gasteiger partial charge >= 0.3 is 6.09 Å². The number of hydrogen-bond donors (Lipinski definition) is 0. The Morgan fingerprint density at radius 3 is 2.15 bits per heavy atom. The number of rotatable bonds is 1. The first kappa shape index (κ1) is 15.7. The zero-order valence-electron chi connectivity index (χ0n) is 13.7. The molecule has 0 N–H and O–H groups in total. The second-order valence-electron chi connectivity index (χ2n) is 7.96. The topological polar surface area (TPSA) is 29.5 Å². The molecule has 2 rings (SSSR count). The molecular weight excluding hydrogens is 250 g/mol. The summed E-state index contributed by atoms with van der Waals surface area (Å²) >= 11 is 0. The van der Waals surface area contributed by atoms with Crippen molar-refractivity contribution in [3.05, 3.63) is 0 Å². The van der Waals surface area contributed by atoms with Crippen molar-refractivity contribution in [2.45, 2.75) is 78.2 Å². The van der Waals surface area contributed by atoms with Crippen LogP contribution in [0.2, 0.25) is 0 Å². The number of hydrogen-bond acceptors (Lipinski definition) is 2. The van der Waals surface area contributed by atoms with E-state index in [0.29, 0.717) is 5.41 Å². The summed E-state index contributed by atoms with van der Waals surface area (Å²) in [6, 6.07) is 0. The summed E-state index contributed by atoms with van der Waals surface area (Å²) in [5.41, 5.74) is 0.0557. The lowest BCUT2D eigenvalue weighted by Crippen LogP contribution is -2.46. The van der Waals surface area contributed by atoms with Gasteiger partial charge < -0.3 is 9.64 Å². The Kier molecular flexibility index (Phi) is 4.66. The molecule has 0 aromatic heterocycles. The molecule has 0 atom stereocenters. The Hall–Kier alpha value is -0.730. The highest BCUT2D eigenvalue weighted by atomic mass is 16.6. The highest BCUT2D eigenvalue weighted by molar-refractivity contribution is 5.68. The van der Waals surface area contributed by atoms with Crippen LogP contribution in [0.1, 0.15) is 72.6 Å². The minimum Gasteiger partial charge on any atom is -0.444 e. The summed E-state index contributed by atoms with van der Waals surface area (Å²) in [4.78, 5) is 14.0. The summed E-state index contributed by atoms with van der Waals surface area (Å²) in [6.45, 7) is 9.96. The monoisotopic (exact) mass is 281 g/mol. The first-order valence-electron chi connectivity index (χ1n) is 8.28. The van der Waals surface area contributed by atoms with E-state index in [1.54, 1.807) is 0 Å². The maximum atomic E-state index is 12.1. The second kappa shape index (κ2) is 5.95. The van der Waals surface area contributed by atoms with Crippen molar-refractivity contribution in [3.63, 3.8) is 0 Å². The zero-order valence-corrected chi connectivity index (χ0v) is 13.7. The van der Waals surface area contributed by atoms with Crippen molar-refractivity contribution < 1.29 is 9.53 Å². The van der Waals surface area contributed by atoms with E-state index in [1.807, 2.05) is 25.7 Å². The minimum absolute atomic E-state index is 0.136. The van der Waals surface area contributed by atoms with Crippen LogP contribution in [0.3, 0.4) is 0 Å². The molecule has 0 aromatic rings. The van der Waals surface area contributed by atoms with Crippen LogP contribution in [0, 0.1) is 11.3 Å². The first-order valence-corrected chi connectivity index (χ1v) is 8.28. The molecule has 0 spiro atoms. The van der Waals surface area contributed by atoms with Gasteiger partial charge in [0.05, 0.1) is 0 Å². The summed E-state index contributed by atoms with van der Waals surface area (Å²) in [5, 5.41) is 0. The molecule has 1 heterocycles. The quantitative estimate of drug-likeness (QED) is 0.702. The number of carbonyl (C=O) groups excluding carboxylic acids is 1. The third kappa shape index (κ3) is 3.89. The molecule has 2 fully saturated rings. The molecule has 1 aliphatic carbocycles. The molecule has 116 valence electrons. The smallest absolute Gasteiger partial charge is 0.410 e. The standard InChI is InChI=1S/C17H31NO2/c1-16(2,3)20-15(19)18-12-10-17(4,11-13-18)14-8-6-5-7-9-14/h14H,5-13H2,1-4H3. The van der Waals surface area contributed by atoms with Gasteiger partial charge in [-0.1, -0.05) is 26.2 Å². The van der Waals surface area contributed by atoms with Crippen LogP contribution in [0.25, 0.3) is 0 Å². The number of ether oxygens (including phenoxy) is 1. The molecule has 1 aliphatic heterocycles. The van der Waals surface area contributed by atoms with Crippen molar-refractivity contribution in [3.8, 4) is 0 Å². The van der Waals surface area contributed by atoms with E-state index < -0.39 is 0 Å². The van der Waals surface area contributed by atoms with Gasteiger partial charge in [0.1, 0.15) is 5.60 Å². The molecule has 0 unspecified atom stereocenters. The molecule has 1 saturated carbocycles. The summed E-state index contributed by atoms with van der Waals surface area (Å²) in [6.07, 6.45) is 9.13. The van der Waals surface area contributed by atoms with Crippen LogP contribution in [0.5, 0.6) is 0 Å². The normalized spacial score (nSPS) is 24.5. The minimum atomic E-state index is -0.388. The molecule has 0 radical (unpaired) electrons. The fourth-order valence-electron chi connectivity index (χ4n) is 3.73. The van der Waals surface area contributed by atoms with Crippen LogP contribution in [0.15, 0.2) is 0 Å². The Balaban J connectivity index is 1.86. The van der Waals surface area contributed by atoms with E-state index in [-0.39, 0.29) is 11.7 Å². The number of likely N-dealkylation sites (tertiary alicyclic amines) is 1. The Bertz CT molecular complexity index is 331. The number of piperidine rings is 1. The molecule has 1 amide bonds. The summed E-state index contributed by atoms with van der Waals surface area (Å²) < 4.78 is 5.48. The van der Waals surface area contributed by atoms with Crippen molar-refractivity contribution in [1.82, 2.24) is 4.90 Å². The number of carbonyl (C=O) groups is 1. The molecule has 20 heavy (non-hydrogen) atoms. The third-order valence-electron chi connectivity index (χ3n) is 5.15. The maximum absolute atomic E-state index is 12.1. The lowest BCUT2D eigenvalue weighted by Gasteiger charge is -2.45. The predicted octanol–water partition coefficient (Wildman–Crippen LogP) is 4.60. The zero-order chi connectivity index (χ0) is 14.8. The van der Waals surface area contributed by atoms with Crippen LogP contribution in [-0.4, -0.2) is 29.7 Å². The first-order chi connectivity index (χ1) is 9.30. The lowest BCUT2D eigenvalue weighted by molar-refractivity contribution is -0.000504. The molecule has 0 aromatic carbocycles. The van der Waals surface area contributed by atoms with Crippen LogP contribution in [0.4, 0.5) is 4.79 Å². The van der Waals surface area contributed by atoms with E-state index >= 15 is 0 Å². The van der Waals surface area contributed by atoms with Gasteiger partial charge in [0, 0.05) is 13.1 Å². The average molecular weight is 281 g/mol. The SMILES string of the molecule is CC(C)(C)OC(=O)N1CCC(C)(C2CCCCC2)CC1. The predicted molar refractivity (Wildman–Crippen MR) is 81.7 cm³/mol. The molecule has 2 aliphatic rings. The molecule has 3 heteroatoms. The van der Waals surface area contributed by atoms with Gasteiger partial charge in [-0.3, -0.25) is 0 Å². The Morgan fingerprint density at radius 2 is 1.65 bits per heavy atom. The number of nitrogens with zero attached hydrogens (tertiary/aromatic N) is 1. The van der Waals surface area contributed by atoms with E-state index in [2.05, 4.69) is 6.92 Å². The van der Waals surface area contributed by atoms with Crippen molar-refractivity contribution >= 4 is 6.09 Å². The highest BCUT2D eigenvalue weighted by Gasteiger charge is 2.39. The fourth-order valence-corrected chi connectivity index (χ4v) is 3.73. The van der Waals surface area contributed by atoms with Crippen molar-refractivity contribution in [2.75, 3.05) is 13.1 Å². The van der Waals surface area contributed by atoms with E-state index in [1.165, 1.54) is 32.1 Å². The summed E-state index contributed by atoms with van der Waals surface area (Å²) in [5.74, 6) is 0.872. The fraction of sp³-hybridized carbons (Fsp3) is 0.941. The summed E-state index contributed by atoms with van der Waals surface area (Å²) in [7, 11) is 0. The van der Waals surface area contributed by atoms with Gasteiger partial charge in [0.15, 0.2) is 0 Å². The Morgan fingerprint density at radius 1 is 1.10 bits per heavy atom. The van der Waals surface area contributed by atoms with Crippen molar-refractivity contribution in [2.24, 2.45) is 11.3 Å². The number of amides is 1. The van der Waals surface area contributed by atoms with Crippen LogP contribution < -0.4 is 0 Å². The third-order valence-corrected chi connectivity index (χ3v) is 5.15. The maximum Gasteiger partial charge on any atom is 0.410 e. The van der Waals surface area contributed by atoms with Gasteiger partial charge in [0.25, 0.3) is 0 Å². The Labute approximate surface area is 124 Å². The largest absolute Gasteiger partial charge is 0.444 e. The van der Waals surface area contributed by atoms with E-state index in [9.17, 15) is 4.79 Å². The van der Waals surface area contributed by atoms with Crippen molar-refractivity contribution in [1.29, 1.82) is 0 Å². The lowest BCUT2D eigenvalue weighted by atomic mass is 9.65. The average Bonchev–Trinajstić information content (AvgIpc) is 2.38. The van der Waals surface area contributed by atoms with Gasteiger partial charge in [-0.2, -0.15) is 0 Å². The van der Waals surface area contributed by atoms with Gasteiger partial charge in [-0.15, -0.1) is 0 Å². The molecule has 1 saturated heterocycles. The highest BCUT2D eigenvalue weighted by Crippen LogP contribution is 2.45. The molecule has 0 bridgehead atoms. The van der Waals surface area contributed by atoms with Crippen LogP contribution in [-0.2, 0) is 4.74 Å². The van der Waals surface area contributed by atoms with Gasteiger partial charge in [-0.05, 0) is 57.8 Å².